The Morgan fingerprint density at radius 1 is 1.14 bits per heavy atom. The van der Waals surface area contributed by atoms with E-state index in [0.29, 0.717) is 0 Å². The molecule has 0 saturated carbocycles. The van der Waals surface area contributed by atoms with Crippen LogP contribution in [0, 0.1) is 0 Å². The second-order valence-corrected chi connectivity index (χ2v) is 4.53. The van der Waals surface area contributed by atoms with Crippen LogP contribution in [0.4, 0.5) is 0 Å². The van der Waals surface area contributed by atoms with Crippen molar-refractivity contribution in [2.75, 3.05) is 12.4 Å². The minimum absolute atomic E-state index is 0.369. The van der Waals surface area contributed by atoms with Gasteiger partial charge < -0.3 is 25.2 Å². The fourth-order valence-corrected chi connectivity index (χ4v) is 2.28. The SMILES string of the molecule is CCS[C@@H]1OC(CO)C(O)C(O)C1O. The first-order valence-electron chi connectivity index (χ1n) is 4.54. The number of rotatable bonds is 3. The highest BCUT2D eigenvalue weighted by molar-refractivity contribution is 7.99. The van der Waals surface area contributed by atoms with Crippen molar-refractivity contribution in [3.8, 4) is 0 Å². The second kappa shape index (κ2) is 5.29. The third-order valence-corrected chi connectivity index (χ3v) is 3.23. The molecule has 0 aromatic carbocycles. The van der Waals surface area contributed by atoms with Gasteiger partial charge in [-0.3, -0.25) is 0 Å². The van der Waals surface area contributed by atoms with Gasteiger partial charge in [0.25, 0.3) is 0 Å². The lowest BCUT2D eigenvalue weighted by Gasteiger charge is -2.39. The van der Waals surface area contributed by atoms with E-state index in [1.165, 1.54) is 11.8 Å². The van der Waals surface area contributed by atoms with Gasteiger partial charge in [-0.15, -0.1) is 11.8 Å². The molecule has 6 heteroatoms. The van der Waals surface area contributed by atoms with Crippen LogP contribution in [0.1, 0.15) is 6.92 Å². The molecule has 84 valence electrons. The highest BCUT2D eigenvalue weighted by atomic mass is 32.2. The summed E-state index contributed by atoms with van der Waals surface area (Å²) in [6.45, 7) is 1.53. The normalized spacial score (nSPS) is 43.9. The standard InChI is InChI=1S/C8H16O5S/c1-2-14-8-7(12)6(11)5(10)4(3-9)13-8/h4-12H,2-3H2,1H3/t4?,5?,6?,7?,8-/m0/s1. The summed E-state index contributed by atoms with van der Waals surface area (Å²) >= 11 is 1.33. The Morgan fingerprint density at radius 2 is 1.79 bits per heavy atom. The van der Waals surface area contributed by atoms with Gasteiger partial charge in [-0.25, -0.2) is 0 Å². The number of hydrogen-bond acceptors (Lipinski definition) is 6. The molecule has 0 bridgehead atoms. The van der Waals surface area contributed by atoms with Crippen LogP contribution in [-0.4, -0.2) is 62.6 Å². The molecule has 0 aromatic heterocycles. The Hall–Kier alpha value is 0.150. The minimum Gasteiger partial charge on any atom is -0.394 e. The summed E-state index contributed by atoms with van der Waals surface area (Å²) in [5.74, 6) is 0.725. The molecular weight excluding hydrogens is 208 g/mol. The molecule has 4 unspecified atom stereocenters. The molecule has 1 rings (SSSR count). The first-order valence-corrected chi connectivity index (χ1v) is 5.58. The largest absolute Gasteiger partial charge is 0.394 e. The van der Waals surface area contributed by atoms with E-state index < -0.39 is 29.9 Å². The Balaban J connectivity index is 2.63. The van der Waals surface area contributed by atoms with Crippen LogP contribution in [-0.2, 0) is 4.74 Å². The summed E-state index contributed by atoms with van der Waals surface area (Å²) in [5, 5.41) is 37.2. The van der Waals surface area contributed by atoms with Gasteiger partial charge in [0.1, 0.15) is 29.9 Å². The van der Waals surface area contributed by atoms with Crippen molar-refractivity contribution in [2.45, 2.75) is 36.8 Å². The molecular formula is C8H16O5S. The summed E-state index contributed by atoms with van der Waals surface area (Å²) in [5.41, 5.74) is -0.587. The van der Waals surface area contributed by atoms with Crippen LogP contribution in [0.2, 0.25) is 0 Å². The number of aliphatic hydroxyl groups is 4. The van der Waals surface area contributed by atoms with Crippen LogP contribution in [0.25, 0.3) is 0 Å². The Bertz CT molecular complexity index is 175. The van der Waals surface area contributed by atoms with Crippen LogP contribution in [0.5, 0.6) is 0 Å². The lowest BCUT2D eigenvalue weighted by Crippen LogP contribution is -2.57. The van der Waals surface area contributed by atoms with E-state index in [9.17, 15) is 15.3 Å². The van der Waals surface area contributed by atoms with Gasteiger partial charge in [0.2, 0.25) is 0 Å². The van der Waals surface area contributed by atoms with Crippen LogP contribution in [0.3, 0.4) is 0 Å². The van der Waals surface area contributed by atoms with Gasteiger partial charge in [0.15, 0.2) is 0 Å². The molecule has 1 saturated heterocycles. The molecule has 1 heterocycles. The molecule has 0 amide bonds. The Kier molecular flexibility index (Phi) is 4.62. The molecule has 4 N–H and O–H groups in total. The molecule has 14 heavy (non-hydrogen) atoms. The van der Waals surface area contributed by atoms with E-state index in [-0.39, 0.29) is 6.61 Å². The molecule has 1 aliphatic rings. The third-order valence-electron chi connectivity index (χ3n) is 2.18. The first-order chi connectivity index (χ1) is 6.61. The molecule has 0 aromatic rings. The highest BCUT2D eigenvalue weighted by Crippen LogP contribution is 2.27. The molecule has 0 spiro atoms. The average Bonchev–Trinajstić information content (AvgIpc) is 2.19. The van der Waals surface area contributed by atoms with Gasteiger partial charge in [0.05, 0.1) is 6.61 Å². The first kappa shape index (κ1) is 12.2. The van der Waals surface area contributed by atoms with Crippen molar-refractivity contribution in [3.63, 3.8) is 0 Å². The Morgan fingerprint density at radius 3 is 2.29 bits per heavy atom. The van der Waals surface area contributed by atoms with Crippen molar-refractivity contribution in [1.82, 2.24) is 0 Å². The third kappa shape index (κ3) is 2.39. The number of ether oxygens (including phenoxy) is 1. The summed E-state index contributed by atoms with van der Waals surface area (Å²) < 4.78 is 5.22. The maximum atomic E-state index is 9.51. The average molecular weight is 224 g/mol. The number of aliphatic hydroxyl groups excluding tert-OH is 4. The van der Waals surface area contributed by atoms with E-state index in [0.717, 1.165) is 5.75 Å². The van der Waals surface area contributed by atoms with E-state index in [1.54, 1.807) is 0 Å². The van der Waals surface area contributed by atoms with Crippen LogP contribution < -0.4 is 0 Å². The highest BCUT2D eigenvalue weighted by Gasteiger charge is 2.43. The minimum atomic E-state index is -1.26. The zero-order valence-corrected chi connectivity index (χ0v) is 8.72. The van der Waals surface area contributed by atoms with Crippen molar-refractivity contribution >= 4 is 11.8 Å². The molecule has 1 aliphatic heterocycles. The maximum Gasteiger partial charge on any atom is 0.132 e. The summed E-state index contributed by atoms with van der Waals surface area (Å²) in [7, 11) is 0. The van der Waals surface area contributed by atoms with E-state index in [1.807, 2.05) is 6.92 Å². The fraction of sp³-hybridized carbons (Fsp3) is 1.00. The Labute approximate surface area is 86.7 Å². The predicted octanol–water partition coefficient (Wildman–Crippen LogP) is -1.46. The van der Waals surface area contributed by atoms with Crippen molar-refractivity contribution in [1.29, 1.82) is 0 Å². The van der Waals surface area contributed by atoms with Crippen molar-refractivity contribution in [2.24, 2.45) is 0 Å². The van der Waals surface area contributed by atoms with Gasteiger partial charge in [-0.05, 0) is 5.75 Å². The van der Waals surface area contributed by atoms with Gasteiger partial charge >= 0.3 is 0 Å². The van der Waals surface area contributed by atoms with E-state index in [4.69, 9.17) is 9.84 Å². The van der Waals surface area contributed by atoms with Crippen molar-refractivity contribution in [3.05, 3.63) is 0 Å². The van der Waals surface area contributed by atoms with Gasteiger partial charge in [-0.1, -0.05) is 6.92 Å². The molecule has 1 fully saturated rings. The van der Waals surface area contributed by atoms with Crippen LogP contribution in [0.15, 0.2) is 0 Å². The number of hydrogen-bond donors (Lipinski definition) is 4. The predicted molar refractivity (Wildman–Crippen MR) is 51.9 cm³/mol. The van der Waals surface area contributed by atoms with E-state index >= 15 is 0 Å². The quantitative estimate of drug-likeness (QED) is 0.468. The molecule has 0 aliphatic carbocycles. The molecule has 5 nitrogen and oxygen atoms in total. The summed E-state index contributed by atoms with van der Waals surface area (Å²) in [6.07, 6.45) is -4.43. The zero-order chi connectivity index (χ0) is 10.7. The fourth-order valence-electron chi connectivity index (χ4n) is 1.37. The summed E-state index contributed by atoms with van der Waals surface area (Å²) in [6, 6.07) is 0. The maximum absolute atomic E-state index is 9.51. The monoisotopic (exact) mass is 224 g/mol. The lowest BCUT2D eigenvalue weighted by atomic mass is 10.0. The van der Waals surface area contributed by atoms with Gasteiger partial charge in [0, 0.05) is 0 Å². The topological polar surface area (TPSA) is 90.2 Å². The van der Waals surface area contributed by atoms with Gasteiger partial charge in [-0.2, -0.15) is 0 Å². The zero-order valence-electron chi connectivity index (χ0n) is 7.91. The molecule has 0 radical (unpaired) electrons. The smallest absolute Gasteiger partial charge is 0.132 e. The van der Waals surface area contributed by atoms with Crippen molar-refractivity contribution < 1.29 is 25.2 Å². The van der Waals surface area contributed by atoms with E-state index in [2.05, 4.69) is 0 Å². The second-order valence-electron chi connectivity index (χ2n) is 3.15. The molecule has 5 atom stereocenters. The van der Waals surface area contributed by atoms with Crippen LogP contribution >= 0.6 is 11.8 Å². The lowest BCUT2D eigenvalue weighted by molar-refractivity contribution is -0.205. The summed E-state index contributed by atoms with van der Waals surface area (Å²) in [4.78, 5) is 0. The number of thioether (sulfide) groups is 1.